The van der Waals surface area contributed by atoms with E-state index < -0.39 is 12.1 Å². The highest BCUT2D eigenvalue weighted by Gasteiger charge is 2.22. The van der Waals surface area contributed by atoms with Crippen LogP contribution in [0.15, 0.2) is 27.8 Å². The molecule has 1 atom stereocenters. The lowest BCUT2D eigenvalue weighted by atomic mass is 9.97. The van der Waals surface area contributed by atoms with Crippen LogP contribution in [0.2, 0.25) is 0 Å². The predicted octanol–water partition coefficient (Wildman–Crippen LogP) is 4.77. The van der Waals surface area contributed by atoms with E-state index in [9.17, 15) is 4.79 Å². The number of ether oxygens (including phenoxy) is 1. The fraction of sp³-hybridized carbons (Fsp3) is 0.500. The topological polar surface area (TPSA) is 94.2 Å². The number of oxazole rings is 1. The number of aryl methyl sites for hydroxylation is 2. The lowest BCUT2D eigenvalue weighted by Gasteiger charge is -2.15. The second-order valence-electron chi connectivity index (χ2n) is 8.06. The van der Waals surface area contributed by atoms with E-state index in [4.69, 9.17) is 19.1 Å². The molecule has 0 aliphatic rings. The molecule has 158 valence electrons. The Balaban J connectivity index is 2.06. The Labute approximate surface area is 171 Å². The fourth-order valence-electron chi connectivity index (χ4n) is 2.59. The summed E-state index contributed by atoms with van der Waals surface area (Å²) in [7, 11) is 0. The van der Waals surface area contributed by atoms with E-state index >= 15 is 0 Å². The van der Waals surface area contributed by atoms with Gasteiger partial charge in [0.25, 0.3) is 0 Å². The van der Waals surface area contributed by atoms with Crippen LogP contribution in [0.5, 0.6) is 5.75 Å². The number of carboxylic acids is 1. The molecule has 0 spiro atoms. The van der Waals surface area contributed by atoms with E-state index in [2.05, 4.69) is 10.1 Å². The van der Waals surface area contributed by atoms with Gasteiger partial charge in [0.1, 0.15) is 17.2 Å². The molecule has 0 bridgehead atoms. The molecule has 2 aromatic rings. The molecule has 1 aromatic heterocycles. The van der Waals surface area contributed by atoms with Gasteiger partial charge in [-0.2, -0.15) is 0 Å². The minimum Gasteiger partial charge on any atom is -0.479 e. The van der Waals surface area contributed by atoms with Gasteiger partial charge in [-0.3, -0.25) is 0 Å². The van der Waals surface area contributed by atoms with Crippen LogP contribution in [0.4, 0.5) is 0 Å². The van der Waals surface area contributed by atoms with Gasteiger partial charge in [0.15, 0.2) is 18.6 Å². The van der Waals surface area contributed by atoms with E-state index in [0.717, 1.165) is 22.6 Å². The molecular formula is C22H30N2O5. The van der Waals surface area contributed by atoms with Gasteiger partial charge in [-0.1, -0.05) is 32.9 Å². The standard InChI is InChI=1S/C22H30N2O5/c1-8-18(20(25)26)29-19-10-9-16(11-13(19)2)14(3)24-27-12-17-15(4)28-21(23-17)22(5,6)7/h9-11,18H,8,12H2,1-7H3,(H,25,26)/b24-14-. The van der Waals surface area contributed by atoms with Gasteiger partial charge in [-0.15, -0.1) is 0 Å². The molecule has 1 aromatic carbocycles. The van der Waals surface area contributed by atoms with Gasteiger partial charge in [0.2, 0.25) is 0 Å². The van der Waals surface area contributed by atoms with Crippen LogP contribution in [0, 0.1) is 13.8 Å². The number of aromatic nitrogens is 1. The number of carboxylic acid groups (broad SMARTS) is 1. The first kappa shape index (κ1) is 22.5. The summed E-state index contributed by atoms with van der Waals surface area (Å²) in [4.78, 5) is 21.1. The molecule has 0 amide bonds. The Morgan fingerprint density at radius 1 is 1.31 bits per heavy atom. The monoisotopic (exact) mass is 402 g/mol. The summed E-state index contributed by atoms with van der Waals surface area (Å²) in [6, 6.07) is 5.48. The number of carbonyl (C=O) groups is 1. The minimum atomic E-state index is -0.972. The molecule has 29 heavy (non-hydrogen) atoms. The fourth-order valence-corrected chi connectivity index (χ4v) is 2.59. The van der Waals surface area contributed by atoms with E-state index in [1.54, 1.807) is 13.0 Å². The highest BCUT2D eigenvalue weighted by Crippen LogP contribution is 2.24. The summed E-state index contributed by atoms with van der Waals surface area (Å²) in [6.07, 6.45) is -0.468. The SMILES string of the molecule is CCC(Oc1ccc(/C(C)=N\OCc2nc(C(C)(C)C)oc2C)cc1C)C(=O)O. The Morgan fingerprint density at radius 3 is 2.52 bits per heavy atom. The van der Waals surface area contributed by atoms with Crippen molar-refractivity contribution in [2.45, 2.75) is 73.0 Å². The van der Waals surface area contributed by atoms with E-state index in [0.29, 0.717) is 23.8 Å². The van der Waals surface area contributed by atoms with Crippen molar-refractivity contribution >= 4 is 11.7 Å². The molecule has 0 aliphatic carbocycles. The smallest absolute Gasteiger partial charge is 0.344 e. The number of benzene rings is 1. The van der Waals surface area contributed by atoms with Crippen molar-refractivity contribution in [1.29, 1.82) is 0 Å². The summed E-state index contributed by atoms with van der Waals surface area (Å²) in [5.41, 5.74) is 2.96. The highest BCUT2D eigenvalue weighted by atomic mass is 16.6. The average Bonchev–Trinajstić information content (AvgIpc) is 3.01. The minimum absolute atomic E-state index is 0.166. The normalized spacial score (nSPS) is 13.3. The van der Waals surface area contributed by atoms with Gasteiger partial charge in [0.05, 0.1) is 5.71 Å². The van der Waals surface area contributed by atoms with Gasteiger partial charge >= 0.3 is 5.97 Å². The van der Waals surface area contributed by atoms with Gasteiger partial charge in [-0.05, 0) is 56.5 Å². The van der Waals surface area contributed by atoms with E-state index in [1.165, 1.54) is 0 Å². The van der Waals surface area contributed by atoms with E-state index in [1.807, 2.05) is 53.7 Å². The number of hydrogen-bond donors (Lipinski definition) is 1. The first-order valence-electron chi connectivity index (χ1n) is 9.66. The summed E-state index contributed by atoms with van der Waals surface area (Å²) in [5.74, 6) is 0.973. The van der Waals surface area contributed by atoms with Crippen LogP contribution in [0.1, 0.15) is 69.5 Å². The molecule has 0 fully saturated rings. The zero-order valence-electron chi connectivity index (χ0n) is 18.2. The molecule has 1 heterocycles. The first-order valence-corrected chi connectivity index (χ1v) is 9.66. The van der Waals surface area contributed by atoms with Gasteiger partial charge in [0, 0.05) is 5.41 Å². The maximum Gasteiger partial charge on any atom is 0.344 e. The number of hydrogen-bond acceptors (Lipinski definition) is 6. The molecule has 7 heteroatoms. The predicted molar refractivity (Wildman–Crippen MR) is 110 cm³/mol. The van der Waals surface area contributed by atoms with Crippen molar-refractivity contribution in [3.05, 3.63) is 46.7 Å². The van der Waals surface area contributed by atoms with Crippen molar-refractivity contribution < 1.29 is 23.9 Å². The maximum atomic E-state index is 11.2. The second kappa shape index (κ2) is 9.11. The lowest BCUT2D eigenvalue weighted by Crippen LogP contribution is -2.26. The molecule has 1 N–H and O–H groups in total. The van der Waals surface area contributed by atoms with Crippen LogP contribution in [-0.4, -0.2) is 27.9 Å². The number of aliphatic carboxylic acids is 1. The maximum absolute atomic E-state index is 11.2. The molecule has 0 aliphatic heterocycles. The van der Waals surface area contributed by atoms with Crippen molar-refractivity contribution in [1.82, 2.24) is 4.98 Å². The average molecular weight is 402 g/mol. The zero-order chi connectivity index (χ0) is 21.8. The zero-order valence-corrected chi connectivity index (χ0v) is 18.2. The summed E-state index contributed by atoms with van der Waals surface area (Å²) in [5, 5.41) is 13.3. The number of rotatable bonds is 8. The largest absolute Gasteiger partial charge is 0.479 e. The Bertz CT molecular complexity index is 893. The Hall–Kier alpha value is -2.83. The molecule has 0 saturated heterocycles. The van der Waals surface area contributed by atoms with Crippen LogP contribution in [0.3, 0.4) is 0 Å². The molecule has 2 rings (SSSR count). The van der Waals surface area contributed by atoms with Crippen LogP contribution >= 0.6 is 0 Å². The molecule has 1 unspecified atom stereocenters. The van der Waals surface area contributed by atoms with Crippen LogP contribution in [0.25, 0.3) is 0 Å². The summed E-state index contributed by atoms with van der Waals surface area (Å²) < 4.78 is 11.3. The molecule has 0 saturated carbocycles. The Kier molecular flexibility index (Phi) is 7.06. The van der Waals surface area contributed by atoms with E-state index in [-0.39, 0.29) is 12.0 Å². The van der Waals surface area contributed by atoms with Gasteiger partial charge in [-0.25, -0.2) is 9.78 Å². The highest BCUT2D eigenvalue weighted by molar-refractivity contribution is 5.98. The quantitative estimate of drug-likeness (QED) is 0.505. The summed E-state index contributed by atoms with van der Waals surface area (Å²) in [6.45, 7) is 13.7. The molecule has 0 radical (unpaired) electrons. The first-order chi connectivity index (χ1) is 13.5. The van der Waals surface area contributed by atoms with Crippen molar-refractivity contribution in [3.63, 3.8) is 0 Å². The van der Waals surface area contributed by atoms with Crippen LogP contribution < -0.4 is 4.74 Å². The molecular weight excluding hydrogens is 372 g/mol. The Morgan fingerprint density at radius 2 is 2.00 bits per heavy atom. The van der Waals surface area contributed by atoms with Gasteiger partial charge < -0.3 is 19.1 Å². The summed E-state index contributed by atoms with van der Waals surface area (Å²) >= 11 is 0. The van der Waals surface area contributed by atoms with Crippen molar-refractivity contribution in [2.75, 3.05) is 0 Å². The second-order valence-corrected chi connectivity index (χ2v) is 8.06. The number of nitrogens with zero attached hydrogens (tertiary/aromatic N) is 2. The number of oxime groups is 1. The third-order valence-corrected chi connectivity index (χ3v) is 4.45. The third kappa shape index (κ3) is 5.82. The lowest BCUT2D eigenvalue weighted by molar-refractivity contribution is -0.145. The third-order valence-electron chi connectivity index (χ3n) is 4.45. The van der Waals surface area contributed by atoms with Crippen LogP contribution in [-0.2, 0) is 21.7 Å². The molecule has 7 nitrogen and oxygen atoms in total. The van der Waals surface area contributed by atoms with Crippen molar-refractivity contribution in [3.8, 4) is 5.75 Å². The van der Waals surface area contributed by atoms with Crippen molar-refractivity contribution in [2.24, 2.45) is 5.16 Å².